The topological polar surface area (TPSA) is 42.0 Å². The van der Waals surface area contributed by atoms with Gasteiger partial charge in [0.1, 0.15) is 11.6 Å². The number of ether oxygens (including phenoxy) is 2. The van der Waals surface area contributed by atoms with Gasteiger partial charge in [-0.05, 0) is 42.0 Å². The number of morpholine rings is 1. The summed E-state index contributed by atoms with van der Waals surface area (Å²) in [6.45, 7) is 4.17. The summed E-state index contributed by atoms with van der Waals surface area (Å²) in [5, 5.41) is 0. The van der Waals surface area contributed by atoms with Crippen molar-refractivity contribution in [3.05, 3.63) is 59.9 Å². The maximum absolute atomic E-state index is 12.9. The lowest BCUT2D eigenvalue weighted by Crippen LogP contribution is -2.36. The Hall–Kier alpha value is -2.60. The van der Waals surface area contributed by atoms with Gasteiger partial charge in [-0.1, -0.05) is 12.1 Å². The van der Waals surface area contributed by atoms with Crippen LogP contribution >= 0.6 is 0 Å². The van der Waals surface area contributed by atoms with Crippen molar-refractivity contribution in [1.29, 1.82) is 0 Å². The van der Waals surface area contributed by atoms with E-state index in [1.165, 1.54) is 17.8 Å². The number of benzene rings is 2. The Balaban J connectivity index is 1.43. The Kier molecular flexibility index (Phi) is 6.65. The minimum atomic E-state index is -0.308. The van der Waals surface area contributed by atoms with E-state index in [9.17, 15) is 9.18 Å². The van der Waals surface area contributed by atoms with Crippen LogP contribution in [0.1, 0.15) is 12.0 Å². The van der Waals surface area contributed by atoms with Crippen LogP contribution in [0.25, 0.3) is 0 Å². The first kappa shape index (κ1) is 19.2. The van der Waals surface area contributed by atoms with Crippen molar-refractivity contribution in [2.24, 2.45) is 0 Å². The first-order chi connectivity index (χ1) is 13.1. The highest BCUT2D eigenvalue weighted by atomic mass is 19.1. The number of amides is 1. The first-order valence-electron chi connectivity index (χ1n) is 9.16. The number of halogens is 1. The van der Waals surface area contributed by atoms with Gasteiger partial charge >= 0.3 is 0 Å². The van der Waals surface area contributed by atoms with Crippen molar-refractivity contribution in [1.82, 2.24) is 4.90 Å². The van der Waals surface area contributed by atoms with Crippen molar-refractivity contribution in [2.75, 3.05) is 44.9 Å². The van der Waals surface area contributed by atoms with Crippen LogP contribution in [0, 0.1) is 5.82 Å². The highest BCUT2D eigenvalue weighted by molar-refractivity contribution is 5.76. The summed E-state index contributed by atoms with van der Waals surface area (Å²) in [6, 6.07) is 14.1. The fourth-order valence-electron chi connectivity index (χ4n) is 2.97. The third kappa shape index (κ3) is 5.69. The monoisotopic (exact) mass is 372 g/mol. The summed E-state index contributed by atoms with van der Waals surface area (Å²) in [6.07, 6.45) is 0.278. The minimum Gasteiger partial charge on any atom is -0.493 e. The molecule has 0 unspecified atom stereocenters. The van der Waals surface area contributed by atoms with E-state index >= 15 is 0 Å². The lowest BCUT2D eigenvalue weighted by molar-refractivity contribution is -0.130. The number of hydrogen-bond donors (Lipinski definition) is 0. The molecule has 1 amide bonds. The van der Waals surface area contributed by atoms with E-state index in [0.29, 0.717) is 12.3 Å². The van der Waals surface area contributed by atoms with Crippen molar-refractivity contribution in [3.63, 3.8) is 0 Å². The molecule has 0 aliphatic carbocycles. The number of anilines is 1. The second-order valence-corrected chi connectivity index (χ2v) is 6.57. The van der Waals surface area contributed by atoms with Gasteiger partial charge in [-0.2, -0.15) is 0 Å². The van der Waals surface area contributed by atoms with Crippen LogP contribution in [-0.4, -0.2) is 50.8 Å². The Labute approximate surface area is 159 Å². The molecule has 0 aromatic heterocycles. The quantitative estimate of drug-likeness (QED) is 0.749. The number of rotatable bonds is 7. The highest BCUT2D eigenvalue weighted by Crippen LogP contribution is 2.17. The molecular weight excluding hydrogens is 347 g/mol. The average Bonchev–Trinajstić information content (AvgIpc) is 2.70. The van der Waals surface area contributed by atoms with E-state index < -0.39 is 0 Å². The molecule has 5 nitrogen and oxygen atoms in total. The van der Waals surface area contributed by atoms with E-state index in [4.69, 9.17) is 9.47 Å². The van der Waals surface area contributed by atoms with Crippen LogP contribution < -0.4 is 9.64 Å². The highest BCUT2D eigenvalue weighted by Gasteiger charge is 2.12. The van der Waals surface area contributed by atoms with Gasteiger partial charge in [0.25, 0.3) is 0 Å². The van der Waals surface area contributed by atoms with Crippen LogP contribution in [0.5, 0.6) is 5.75 Å². The van der Waals surface area contributed by atoms with Crippen LogP contribution in [0.4, 0.5) is 10.1 Å². The third-order valence-corrected chi connectivity index (χ3v) is 4.56. The predicted octanol–water partition coefficient (Wildman–Crippen LogP) is 3.09. The second kappa shape index (κ2) is 9.37. The molecule has 1 aliphatic heterocycles. The van der Waals surface area contributed by atoms with Crippen LogP contribution in [0.3, 0.4) is 0 Å². The number of nitrogens with zero attached hydrogens (tertiary/aromatic N) is 2. The molecule has 1 saturated heterocycles. The Bertz CT molecular complexity index is 728. The summed E-state index contributed by atoms with van der Waals surface area (Å²) in [5.74, 6) is 0.262. The van der Waals surface area contributed by atoms with E-state index in [0.717, 1.165) is 31.9 Å². The SMILES string of the molecule is CN(Cc1ccc(N2CCOCC2)cc1)C(=O)CCOc1ccc(F)cc1. The maximum atomic E-state index is 12.9. The molecule has 1 heterocycles. The van der Waals surface area contributed by atoms with E-state index in [1.807, 2.05) is 0 Å². The summed E-state index contributed by atoms with van der Waals surface area (Å²) in [4.78, 5) is 16.3. The van der Waals surface area contributed by atoms with Crippen LogP contribution in [0.2, 0.25) is 0 Å². The zero-order chi connectivity index (χ0) is 19.1. The first-order valence-corrected chi connectivity index (χ1v) is 9.16. The summed E-state index contributed by atoms with van der Waals surface area (Å²) >= 11 is 0. The molecule has 1 aliphatic rings. The summed E-state index contributed by atoms with van der Waals surface area (Å²) < 4.78 is 23.7. The molecule has 0 N–H and O–H groups in total. The standard InChI is InChI=1S/C21H25FN2O3/c1-23(21(25)10-13-27-20-8-4-18(22)5-9-20)16-17-2-6-19(7-3-17)24-11-14-26-15-12-24/h2-9H,10-16H2,1H3. The van der Waals surface area contributed by atoms with Gasteiger partial charge in [0.2, 0.25) is 5.91 Å². The van der Waals surface area contributed by atoms with Crippen molar-refractivity contribution >= 4 is 11.6 Å². The fraction of sp³-hybridized carbons (Fsp3) is 0.381. The molecule has 0 spiro atoms. The summed E-state index contributed by atoms with van der Waals surface area (Å²) in [5.41, 5.74) is 2.27. The van der Waals surface area contributed by atoms with Gasteiger partial charge in [0, 0.05) is 32.4 Å². The molecule has 1 fully saturated rings. The molecule has 27 heavy (non-hydrogen) atoms. The molecular formula is C21H25FN2O3. The molecule has 0 saturated carbocycles. The number of carbonyl (C=O) groups excluding carboxylic acids is 1. The molecule has 2 aromatic carbocycles. The lowest BCUT2D eigenvalue weighted by Gasteiger charge is -2.29. The molecule has 0 radical (unpaired) electrons. The van der Waals surface area contributed by atoms with Gasteiger partial charge < -0.3 is 19.3 Å². The number of hydrogen-bond acceptors (Lipinski definition) is 4. The predicted molar refractivity (Wildman–Crippen MR) is 102 cm³/mol. The van der Waals surface area contributed by atoms with E-state index in [2.05, 4.69) is 29.2 Å². The van der Waals surface area contributed by atoms with Gasteiger partial charge in [-0.25, -0.2) is 4.39 Å². The molecule has 6 heteroatoms. The van der Waals surface area contributed by atoms with Gasteiger partial charge in [-0.3, -0.25) is 4.79 Å². The van der Waals surface area contributed by atoms with Gasteiger partial charge in [0.05, 0.1) is 26.2 Å². The maximum Gasteiger partial charge on any atom is 0.226 e. The zero-order valence-corrected chi connectivity index (χ0v) is 15.6. The lowest BCUT2D eigenvalue weighted by atomic mass is 10.1. The average molecular weight is 372 g/mol. The van der Waals surface area contributed by atoms with Crippen molar-refractivity contribution < 1.29 is 18.7 Å². The minimum absolute atomic E-state index is 0.00867. The summed E-state index contributed by atoms with van der Waals surface area (Å²) in [7, 11) is 1.79. The molecule has 0 atom stereocenters. The second-order valence-electron chi connectivity index (χ2n) is 6.57. The largest absolute Gasteiger partial charge is 0.493 e. The van der Waals surface area contributed by atoms with E-state index in [1.54, 1.807) is 24.1 Å². The normalized spacial score (nSPS) is 14.1. The zero-order valence-electron chi connectivity index (χ0n) is 15.6. The van der Waals surface area contributed by atoms with Gasteiger partial charge in [0.15, 0.2) is 0 Å². The molecule has 144 valence electrons. The Morgan fingerprint density at radius 3 is 2.44 bits per heavy atom. The van der Waals surface area contributed by atoms with Gasteiger partial charge in [-0.15, -0.1) is 0 Å². The Morgan fingerprint density at radius 1 is 1.11 bits per heavy atom. The van der Waals surface area contributed by atoms with E-state index in [-0.39, 0.29) is 24.8 Å². The third-order valence-electron chi connectivity index (χ3n) is 4.56. The fourth-order valence-corrected chi connectivity index (χ4v) is 2.97. The van der Waals surface area contributed by atoms with Crippen LogP contribution in [-0.2, 0) is 16.1 Å². The van der Waals surface area contributed by atoms with Crippen molar-refractivity contribution in [3.8, 4) is 5.75 Å². The Morgan fingerprint density at radius 2 is 1.78 bits per heavy atom. The molecule has 0 bridgehead atoms. The number of carbonyl (C=O) groups is 1. The van der Waals surface area contributed by atoms with Crippen molar-refractivity contribution in [2.45, 2.75) is 13.0 Å². The van der Waals surface area contributed by atoms with Crippen LogP contribution in [0.15, 0.2) is 48.5 Å². The molecule has 3 rings (SSSR count). The smallest absolute Gasteiger partial charge is 0.226 e. The molecule has 2 aromatic rings.